The average Bonchev–Trinajstić information content (AvgIpc) is 2.38. The lowest BCUT2D eigenvalue weighted by Gasteiger charge is -2.24. The maximum Gasteiger partial charge on any atom is 0.325 e. The molecule has 0 N–H and O–H groups in total. The minimum absolute atomic E-state index is 0.180. The molecule has 0 atom stereocenters. The molecule has 19 heavy (non-hydrogen) atoms. The molecule has 0 aliphatic heterocycles. The van der Waals surface area contributed by atoms with Gasteiger partial charge in [-0.25, -0.2) is 0 Å². The summed E-state index contributed by atoms with van der Waals surface area (Å²) in [7, 11) is 0. The minimum Gasteiger partial charge on any atom is -0.465 e. The standard InChI is InChI=1S/C15H20N2O2/c1-4-8-17(11-15(18)19-5-2)14-9-12(3)6-7-13(14)10-16/h6-7,9H,4-5,8,11H2,1-3H3. The van der Waals surface area contributed by atoms with Crippen molar-refractivity contribution in [2.75, 3.05) is 24.6 Å². The quantitative estimate of drug-likeness (QED) is 0.738. The number of rotatable bonds is 6. The Hall–Kier alpha value is -2.02. The normalized spacial score (nSPS) is 9.79. The van der Waals surface area contributed by atoms with Crippen molar-refractivity contribution >= 4 is 11.7 Å². The molecule has 0 fully saturated rings. The van der Waals surface area contributed by atoms with Gasteiger partial charge in [-0.3, -0.25) is 4.79 Å². The van der Waals surface area contributed by atoms with Gasteiger partial charge >= 0.3 is 5.97 Å². The van der Waals surface area contributed by atoms with Crippen LogP contribution < -0.4 is 4.90 Å². The highest BCUT2D eigenvalue weighted by Gasteiger charge is 2.15. The molecule has 0 aromatic heterocycles. The third kappa shape index (κ3) is 4.29. The van der Waals surface area contributed by atoms with Gasteiger partial charge in [0.2, 0.25) is 0 Å². The Morgan fingerprint density at radius 1 is 1.42 bits per heavy atom. The van der Waals surface area contributed by atoms with Crippen LogP contribution in [0.4, 0.5) is 5.69 Å². The number of hydrogen-bond donors (Lipinski definition) is 0. The van der Waals surface area contributed by atoms with Crippen molar-refractivity contribution < 1.29 is 9.53 Å². The second-order valence-corrected chi connectivity index (χ2v) is 4.36. The Balaban J connectivity index is 3.01. The van der Waals surface area contributed by atoms with Crippen molar-refractivity contribution in [1.29, 1.82) is 5.26 Å². The first-order valence-electron chi connectivity index (χ1n) is 6.53. The number of esters is 1. The zero-order valence-electron chi connectivity index (χ0n) is 11.8. The van der Waals surface area contributed by atoms with E-state index < -0.39 is 0 Å². The zero-order chi connectivity index (χ0) is 14.3. The molecule has 1 rings (SSSR count). The highest BCUT2D eigenvalue weighted by atomic mass is 16.5. The van der Waals surface area contributed by atoms with E-state index in [2.05, 4.69) is 6.07 Å². The smallest absolute Gasteiger partial charge is 0.325 e. The summed E-state index contributed by atoms with van der Waals surface area (Å²) in [5, 5.41) is 9.17. The number of carbonyl (C=O) groups is 1. The Bertz CT molecular complexity index is 478. The predicted octanol–water partition coefficient (Wildman–Crippen LogP) is 2.65. The molecule has 0 unspecified atom stereocenters. The fourth-order valence-electron chi connectivity index (χ4n) is 1.91. The molecule has 0 spiro atoms. The summed E-state index contributed by atoms with van der Waals surface area (Å²) in [4.78, 5) is 13.5. The Morgan fingerprint density at radius 2 is 2.16 bits per heavy atom. The van der Waals surface area contributed by atoms with Crippen LogP contribution in [0.5, 0.6) is 0 Å². The number of benzene rings is 1. The molecule has 0 amide bonds. The third-order valence-electron chi connectivity index (χ3n) is 2.73. The lowest BCUT2D eigenvalue weighted by Crippen LogP contribution is -2.32. The molecule has 1 aromatic carbocycles. The van der Waals surface area contributed by atoms with E-state index in [1.165, 1.54) is 0 Å². The summed E-state index contributed by atoms with van der Waals surface area (Å²) >= 11 is 0. The molecule has 0 saturated carbocycles. The fourth-order valence-corrected chi connectivity index (χ4v) is 1.91. The fraction of sp³-hybridized carbons (Fsp3) is 0.467. The lowest BCUT2D eigenvalue weighted by atomic mass is 10.1. The van der Waals surface area contributed by atoms with Crippen LogP contribution in [0.25, 0.3) is 0 Å². The maximum absolute atomic E-state index is 11.6. The van der Waals surface area contributed by atoms with Crippen molar-refractivity contribution in [2.24, 2.45) is 0 Å². The van der Waals surface area contributed by atoms with Gasteiger partial charge in [0.15, 0.2) is 0 Å². The van der Waals surface area contributed by atoms with E-state index in [0.717, 1.165) is 24.2 Å². The molecule has 1 aromatic rings. The molecular formula is C15H20N2O2. The van der Waals surface area contributed by atoms with Crippen molar-refractivity contribution in [3.05, 3.63) is 29.3 Å². The van der Waals surface area contributed by atoms with Gasteiger partial charge in [0.05, 0.1) is 17.9 Å². The molecule has 0 aliphatic rings. The maximum atomic E-state index is 11.6. The molecule has 0 saturated heterocycles. The van der Waals surface area contributed by atoms with Crippen molar-refractivity contribution in [3.63, 3.8) is 0 Å². The topological polar surface area (TPSA) is 53.3 Å². The number of anilines is 1. The van der Waals surface area contributed by atoms with Crippen molar-refractivity contribution in [1.82, 2.24) is 0 Å². The first-order chi connectivity index (χ1) is 9.12. The summed E-state index contributed by atoms with van der Waals surface area (Å²) in [6, 6.07) is 7.80. The van der Waals surface area contributed by atoms with Crippen LogP contribution in [0.3, 0.4) is 0 Å². The molecule has 0 heterocycles. The third-order valence-corrected chi connectivity index (χ3v) is 2.73. The highest BCUT2D eigenvalue weighted by molar-refractivity contribution is 5.77. The lowest BCUT2D eigenvalue weighted by molar-refractivity contribution is -0.141. The summed E-state index contributed by atoms with van der Waals surface area (Å²) in [5.74, 6) is -0.263. The van der Waals surface area contributed by atoms with Crippen LogP contribution in [-0.4, -0.2) is 25.7 Å². The van der Waals surface area contributed by atoms with E-state index in [9.17, 15) is 10.1 Å². The number of nitrogens with zero attached hydrogens (tertiary/aromatic N) is 2. The molecule has 0 bridgehead atoms. The van der Waals surface area contributed by atoms with Crippen LogP contribution in [0.2, 0.25) is 0 Å². The van der Waals surface area contributed by atoms with Gasteiger partial charge in [0.25, 0.3) is 0 Å². The van der Waals surface area contributed by atoms with Crippen LogP contribution in [0.15, 0.2) is 18.2 Å². The SMILES string of the molecule is CCCN(CC(=O)OCC)c1cc(C)ccc1C#N. The number of aryl methyl sites for hydroxylation is 1. The Kier molecular flexibility index (Phi) is 5.87. The highest BCUT2D eigenvalue weighted by Crippen LogP contribution is 2.22. The summed E-state index contributed by atoms with van der Waals surface area (Å²) in [5.41, 5.74) is 2.46. The van der Waals surface area contributed by atoms with E-state index in [0.29, 0.717) is 12.2 Å². The molecule has 102 valence electrons. The van der Waals surface area contributed by atoms with Gasteiger partial charge < -0.3 is 9.64 Å². The van der Waals surface area contributed by atoms with E-state index >= 15 is 0 Å². The number of ether oxygens (including phenoxy) is 1. The van der Waals surface area contributed by atoms with E-state index in [4.69, 9.17) is 4.74 Å². The van der Waals surface area contributed by atoms with E-state index in [1.54, 1.807) is 13.0 Å². The van der Waals surface area contributed by atoms with Gasteiger partial charge in [0.1, 0.15) is 12.6 Å². The number of hydrogen-bond acceptors (Lipinski definition) is 4. The summed E-state index contributed by atoms with van der Waals surface area (Å²) in [6.45, 7) is 7.07. The molecule has 4 nitrogen and oxygen atoms in total. The van der Waals surface area contributed by atoms with Crippen LogP contribution in [0, 0.1) is 18.3 Å². The second-order valence-electron chi connectivity index (χ2n) is 4.36. The molecule has 4 heteroatoms. The van der Waals surface area contributed by atoms with Gasteiger partial charge in [-0.15, -0.1) is 0 Å². The summed E-state index contributed by atoms with van der Waals surface area (Å²) < 4.78 is 4.98. The Labute approximate surface area is 114 Å². The summed E-state index contributed by atoms with van der Waals surface area (Å²) in [6.07, 6.45) is 0.901. The van der Waals surface area contributed by atoms with Gasteiger partial charge in [0, 0.05) is 6.54 Å². The van der Waals surface area contributed by atoms with Crippen LogP contribution in [-0.2, 0) is 9.53 Å². The predicted molar refractivity (Wildman–Crippen MR) is 75.0 cm³/mol. The Morgan fingerprint density at radius 3 is 2.74 bits per heavy atom. The minimum atomic E-state index is -0.263. The van der Waals surface area contributed by atoms with Gasteiger partial charge in [-0.1, -0.05) is 13.0 Å². The van der Waals surface area contributed by atoms with Gasteiger partial charge in [-0.05, 0) is 38.0 Å². The van der Waals surface area contributed by atoms with Crippen LogP contribution >= 0.6 is 0 Å². The first kappa shape index (κ1) is 15.0. The molecular weight excluding hydrogens is 240 g/mol. The zero-order valence-corrected chi connectivity index (χ0v) is 11.8. The number of nitriles is 1. The van der Waals surface area contributed by atoms with Crippen LogP contribution in [0.1, 0.15) is 31.4 Å². The van der Waals surface area contributed by atoms with E-state index in [-0.39, 0.29) is 12.5 Å². The van der Waals surface area contributed by atoms with Gasteiger partial charge in [-0.2, -0.15) is 5.26 Å². The van der Waals surface area contributed by atoms with Crippen molar-refractivity contribution in [2.45, 2.75) is 27.2 Å². The molecule has 0 radical (unpaired) electrons. The monoisotopic (exact) mass is 260 g/mol. The van der Waals surface area contributed by atoms with Crippen molar-refractivity contribution in [3.8, 4) is 6.07 Å². The average molecular weight is 260 g/mol. The molecule has 0 aliphatic carbocycles. The largest absolute Gasteiger partial charge is 0.465 e. The first-order valence-corrected chi connectivity index (χ1v) is 6.53. The van der Waals surface area contributed by atoms with E-state index in [1.807, 2.05) is 30.9 Å². The second kappa shape index (κ2) is 7.42. The number of carbonyl (C=O) groups excluding carboxylic acids is 1.